The van der Waals surface area contributed by atoms with E-state index in [1.807, 2.05) is 24.3 Å². The van der Waals surface area contributed by atoms with Crippen molar-refractivity contribution in [1.29, 1.82) is 0 Å². The summed E-state index contributed by atoms with van der Waals surface area (Å²) >= 11 is 6.28. The van der Waals surface area contributed by atoms with Gasteiger partial charge in [0, 0.05) is 18.7 Å². The molecule has 0 radical (unpaired) electrons. The van der Waals surface area contributed by atoms with Crippen LogP contribution < -0.4 is 4.74 Å². The van der Waals surface area contributed by atoms with Gasteiger partial charge in [-0.15, -0.1) is 0 Å². The Morgan fingerprint density at radius 3 is 2.23 bits per heavy atom. The summed E-state index contributed by atoms with van der Waals surface area (Å²) in [6.07, 6.45) is 0. The van der Waals surface area contributed by atoms with Gasteiger partial charge in [0.05, 0.1) is 23.7 Å². The second kappa shape index (κ2) is 10.8. The Morgan fingerprint density at radius 1 is 1.09 bits per heavy atom. The van der Waals surface area contributed by atoms with E-state index in [1.165, 1.54) is 7.11 Å². The SMILES string of the molecule is CCN(CC)CCN1C(=O)C(=O)/C(=C(\O)c2ccc(OC)c(Cl)c2)C1c1ccc(C(C)(C)C)cc1. The number of aliphatic hydroxyl groups excluding tert-OH is 1. The first kappa shape index (κ1) is 26.8. The molecule has 0 bridgehead atoms. The molecule has 1 heterocycles. The molecule has 0 aliphatic carbocycles. The zero-order valence-corrected chi connectivity index (χ0v) is 22.1. The number of nitrogens with zero attached hydrogens (tertiary/aromatic N) is 2. The fraction of sp³-hybridized carbons (Fsp3) is 0.429. The number of aliphatic hydroxyl groups is 1. The molecule has 35 heavy (non-hydrogen) atoms. The highest BCUT2D eigenvalue weighted by Crippen LogP contribution is 2.40. The van der Waals surface area contributed by atoms with Crippen molar-refractivity contribution in [3.05, 3.63) is 69.8 Å². The fourth-order valence-corrected chi connectivity index (χ4v) is 4.64. The van der Waals surface area contributed by atoms with Gasteiger partial charge in [-0.25, -0.2) is 0 Å². The largest absolute Gasteiger partial charge is 0.507 e. The highest BCUT2D eigenvalue weighted by Gasteiger charge is 2.46. The van der Waals surface area contributed by atoms with E-state index in [4.69, 9.17) is 16.3 Å². The molecule has 0 saturated carbocycles. The van der Waals surface area contributed by atoms with Crippen LogP contribution in [0.2, 0.25) is 5.02 Å². The van der Waals surface area contributed by atoms with Crippen molar-refractivity contribution in [2.45, 2.75) is 46.1 Å². The van der Waals surface area contributed by atoms with Gasteiger partial charge >= 0.3 is 0 Å². The normalized spacial score (nSPS) is 17.9. The van der Waals surface area contributed by atoms with Crippen LogP contribution in [-0.4, -0.2) is 59.9 Å². The molecule has 1 saturated heterocycles. The monoisotopic (exact) mass is 498 g/mol. The van der Waals surface area contributed by atoms with E-state index in [9.17, 15) is 14.7 Å². The standard InChI is InChI=1S/C28H35ClN2O4/c1-7-30(8-2)15-16-31-24(18-9-12-20(13-10-18)28(3,4)5)23(26(33)27(31)34)25(32)19-11-14-22(35-6)21(29)17-19/h9-14,17,24,32H,7-8,15-16H2,1-6H3/b25-23-. The van der Waals surface area contributed by atoms with Crippen molar-refractivity contribution < 1.29 is 19.4 Å². The highest BCUT2D eigenvalue weighted by atomic mass is 35.5. The van der Waals surface area contributed by atoms with Crippen LogP contribution in [0.5, 0.6) is 5.75 Å². The summed E-state index contributed by atoms with van der Waals surface area (Å²) in [6.45, 7) is 13.2. The van der Waals surface area contributed by atoms with Crippen molar-refractivity contribution in [2.24, 2.45) is 0 Å². The molecule has 2 aromatic carbocycles. The highest BCUT2D eigenvalue weighted by molar-refractivity contribution is 6.46. The molecule has 7 heteroatoms. The number of likely N-dealkylation sites (N-methyl/N-ethyl adjacent to an activating group) is 1. The van der Waals surface area contributed by atoms with Crippen LogP contribution in [0.4, 0.5) is 0 Å². The van der Waals surface area contributed by atoms with Crippen LogP contribution in [0.15, 0.2) is 48.0 Å². The third-order valence-corrected chi connectivity index (χ3v) is 6.90. The van der Waals surface area contributed by atoms with Gasteiger partial charge in [-0.1, -0.05) is 70.5 Å². The number of halogens is 1. The second-order valence-corrected chi connectivity index (χ2v) is 10.1. The van der Waals surface area contributed by atoms with Crippen LogP contribution >= 0.6 is 11.6 Å². The predicted molar refractivity (Wildman–Crippen MR) is 140 cm³/mol. The van der Waals surface area contributed by atoms with Gasteiger partial charge in [-0.05, 0) is 47.8 Å². The first-order chi connectivity index (χ1) is 16.5. The van der Waals surface area contributed by atoms with Gasteiger partial charge in [0.2, 0.25) is 0 Å². The maximum Gasteiger partial charge on any atom is 0.295 e. The Kier molecular flexibility index (Phi) is 8.29. The smallest absolute Gasteiger partial charge is 0.295 e. The van der Waals surface area contributed by atoms with Crippen LogP contribution in [0.1, 0.15) is 57.4 Å². The van der Waals surface area contributed by atoms with E-state index in [2.05, 4.69) is 39.5 Å². The summed E-state index contributed by atoms with van der Waals surface area (Å²) in [6, 6.07) is 12.0. The number of rotatable bonds is 8. The Morgan fingerprint density at radius 2 is 1.71 bits per heavy atom. The lowest BCUT2D eigenvalue weighted by Crippen LogP contribution is -2.38. The molecule has 1 amide bonds. The maximum atomic E-state index is 13.3. The molecule has 1 aliphatic rings. The number of hydrogen-bond acceptors (Lipinski definition) is 5. The van der Waals surface area contributed by atoms with E-state index in [1.54, 1.807) is 23.1 Å². The zero-order valence-electron chi connectivity index (χ0n) is 21.4. The van der Waals surface area contributed by atoms with E-state index < -0.39 is 17.7 Å². The Hall–Kier alpha value is -2.83. The number of carbonyl (C=O) groups excluding carboxylic acids is 2. The average molecular weight is 499 g/mol. The van der Waals surface area contributed by atoms with Gasteiger partial charge in [0.15, 0.2) is 0 Å². The maximum absolute atomic E-state index is 13.3. The molecular formula is C28H35ClN2O4. The van der Waals surface area contributed by atoms with Gasteiger partial charge < -0.3 is 19.6 Å². The molecule has 0 spiro atoms. The Labute approximate surface area is 213 Å². The summed E-state index contributed by atoms with van der Waals surface area (Å²) in [5, 5.41) is 11.6. The van der Waals surface area contributed by atoms with Gasteiger partial charge in [0.25, 0.3) is 11.7 Å². The number of ether oxygens (including phenoxy) is 1. The number of likely N-dealkylation sites (tertiary alicyclic amines) is 1. The number of methoxy groups -OCH3 is 1. The molecule has 1 fully saturated rings. The third kappa shape index (κ3) is 5.54. The van der Waals surface area contributed by atoms with E-state index >= 15 is 0 Å². The number of ketones is 1. The quantitative estimate of drug-likeness (QED) is 0.299. The predicted octanol–water partition coefficient (Wildman–Crippen LogP) is 5.41. The topological polar surface area (TPSA) is 70.1 Å². The molecule has 1 N–H and O–H groups in total. The fourth-order valence-electron chi connectivity index (χ4n) is 4.38. The van der Waals surface area contributed by atoms with Crippen molar-refractivity contribution in [1.82, 2.24) is 9.80 Å². The lowest BCUT2D eigenvalue weighted by atomic mass is 9.85. The minimum Gasteiger partial charge on any atom is -0.507 e. The van der Waals surface area contributed by atoms with Crippen LogP contribution in [0.3, 0.4) is 0 Å². The van der Waals surface area contributed by atoms with Gasteiger partial charge in [-0.2, -0.15) is 0 Å². The Bertz CT molecular complexity index is 1110. The molecule has 188 valence electrons. The van der Waals surface area contributed by atoms with Crippen LogP contribution in [0.25, 0.3) is 5.76 Å². The van der Waals surface area contributed by atoms with E-state index in [0.717, 1.165) is 24.2 Å². The minimum absolute atomic E-state index is 0.0388. The number of benzene rings is 2. The summed E-state index contributed by atoms with van der Waals surface area (Å²) in [4.78, 5) is 30.2. The van der Waals surface area contributed by atoms with Crippen molar-refractivity contribution in [3.63, 3.8) is 0 Å². The molecular weight excluding hydrogens is 464 g/mol. The first-order valence-corrected chi connectivity index (χ1v) is 12.4. The number of hydrogen-bond donors (Lipinski definition) is 1. The van der Waals surface area contributed by atoms with Crippen LogP contribution in [0, 0.1) is 0 Å². The third-order valence-electron chi connectivity index (χ3n) is 6.61. The van der Waals surface area contributed by atoms with Crippen molar-refractivity contribution in [2.75, 3.05) is 33.3 Å². The van der Waals surface area contributed by atoms with Crippen molar-refractivity contribution >= 4 is 29.1 Å². The van der Waals surface area contributed by atoms with Gasteiger partial charge in [0.1, 0.15) is 11.5 Å². The molecule has 2 aromatic rings. The second-order valence-electron chi connectivity index (χ2n) is 9.74. The number of amides is 1. The summed E-state index contributed by atoms with van der Waals surface area (Å²) in [7, 11) is 1.50. The van der Waals surface area contributed by atoms with E-state index in [-0.39, 0.29) is 16.7 Å². The number of carbonyl (C=O) groups is 2. The molecule has 3 rings (SSSR count). The Balaban J connectivity index is 2.13. The molecule has 0 aromatic heterocycles. The summed E-state index contributed by atoms with van der Waals surface area (Å²) in [5.74, 6) is -1.09. The lowest BCUT2D eigenvalue weighted by Gasteiger charge is -2.28. The molecule has 1 atom stereocenters. The van der Waals surface area contributed by atoms with E-state index in [0.29, 0.717) is 29.4 Å². The molecule has 1 unspecified atom stereocenters. The summed E-state index contributed by atoms with van der Waals surface area (Å²) < 4.78 is 5.20. The van der Waals surface area contributed by atoms with Crippen molar-refractivity contribution in [3.8, 4) is 5.75 Å². The average Bonchev–Trinajstić information content (AvgIpc) is 3.08. The molecule has 6 nitrogen and oxygen atoms in total. The number of Topliss-reactive ketones (excluding diaryl/α,β-unsaturated/α-hetero) is 1. The summed E-state index contributed by atoms with van der Waals surface area (Å²) in [5.41, 5.74) is 2.30. The first-order valence-electron chi connectivity index (χ1n) is 12.0. The molecule has 1 aliphatic heterocycles. The minimum atomic E-state index is -0.695. The zero-order chi connectivity index (χ0) is 25.9. The van der Waals surface area contributed by atoms with Crippen LogP contribution in [-0.2, 0) is 15.0 Å². The van der Waals surface area contributed by atoms with Gasteiger partial charge in [-0.3, -0.25) is 9.59 Å². The lowest BCUT2D eigenvalue weighted by molar-refractivity contribution is -0.140.